The molecule has 0 fully saturated rings. The summed E-state index contributed by atoms with van der Waals surface area (Å²) in [5.41, 5.74) is 1.77. The summed E-state index contributed by atoms with van der Waals surface area (Å²) in [6, 6.07) is 7.74. The van der Waals surface area contributed by atoms with Gasteiger partial charge in [-0.3, -0.25) is 5.84 Å². The number of benzene rings is 2. The van der Waals surface area contributed by atoms with Crippen LogP contribution in [0.3, 0.4) is 0 Å². The van der Waals surface area contributed by atoms with Crippen molar-refractivity contribution in [3.8, 4) is 0 Å². The molecule has 0 aliphatic heterocycles. The fraction of sp³-hybridized carbons (Fsp3) is 0.143. The third kappa shape index (κ3) is 3.34. The molecule has 2 aromatic carbocycles. The number of alkyl halides is 3. The Morgan fingerprint density at radius 3 is 2.33 bits per heavy atom. The zero-order valence-electron chi connectivity index (χ0n) is 10.6. The SMILES string of the molecule is NNC(c1ccc(F)c(Cl)c1)c1ccccc1C(F)(F)F. The molecule has 1 unspecified atom stereocenters. The van der Waals surface area contributed by atoms with Gasteiger partial charge in [-0.25, -0.2) is 9.82 Å². The van der Waals surface area contributed by atoms with E-state index >= 15 is 0 Å². The van der Waals surface area contributed by atoms with Crippen LogP contribution in [0.2, 0.25) is 5.02 Å². The van der Waals surface area contributed by atoms with E-state index in [-0.39, 0.29) is 10.6 Å². The molecule has 0 radical (unpaired) electrons. The Balaban J connectivity index is 2.54. The topological polar surface area (TPSA) is 38.0 Å². The first kappa shape index (κ1) is 15.8. The zero-order valence-corrected chi connectivity index (χ0v) is 11.3. The maximum absolute atomic E-state index is 13.2. The Hall–Kier alpha value is -1.63. The van der Waals surface area contributed by atoms with Gasteiger partial charge in [-0.15, -0.1) is 0 Å². The minimum atomic E-state index is -4.52. The Bertz CT molecular complexity index is 643. The molecule has 0 bridgehead atoms. The first-order valence-electron chi connectivity index (χ1n) is 5.91. The van der Waals surface area contributed by atoms with E-state index in [9.17, 15) is 17.6 Å². The van der Waals surface area contributed by atoms with Crippen molar-refractivity contribution in [2.75, 3.05) is 0 Å². The average molecular weight is 319 g/mol. The molecular weight excluding hydrogens is 308 g/mol. The van der Waals surface area contributed by atoms with Gasteiger partial charge in [0, 0.05) is 0 Å². The van der Waals surface area contributed by atoms with E-state index in [1.54, 1.807) is 0 Å². The first-order chi connectivity index (χ1) is 9.84. The number of hydrogen-bond acceptors (Lipinski definition) is 2. The molecule has 1 atom stereocenters. The predicted octanol–water partition coefficient (Wildman–Crippen LogP) is 4.05. The summed E-state index contributed by atoms with van der Waals surface area (Å²) < 4.78 is 52.3. The van der Waals surface area contributed by atoms with Crippen LogP contribution < -0.4 is 11.3 Å². The Kier molecular flexibility index (Phi) is 4.51. The minimum Gasteiger partial charge on any atom is -0.271 e. The predicted molar refractivity (Wildman–Crippen MR) is 72.0 cm³/mol. The van der Waals surface area contributed by atoms with Crippen LogP contribution in [0.4, 0.5) is 17.6 Å². The molecule has 7 heteroatoms. The van der Waals surface area contributed by atoms with E-state index in [1.165, 1.54) is 30.3 Å². The molecule has 0 saturated carbocycles. The summed E-state index contributed by atoms with van der Waals surface area (Å²) in [6.45, 7) is 0. The van der Waals surface area contributed by atoms with Crippen molar-refractivity contribution in [3.05, 3.63) is 70.0 Å². The van der Waals surface area contributed by atoms with Crippen LogP contribution in [-0.4, -0.2) is 0 Å². The van der Waals surface area contributed by atoms with Gasteiger partial charge in [0.15, 0.2) is 0 Å². The fourth-order valence-corrected chi connectivity index (χ4v) is 2.25. The Morgan fingerprint density at radius 2 is 1.76 bits per heavy atom. The van der Waals surface area contributed by atoms with Crippen molar-refractivity contribution in [1.29, 1.82) is 0 Å². The van der Waals surface area contributed by atoms with Crippen molar-refractivity contribution >= 4 is 11.6 Å². The lowest BCUT2D eigenvalue weighted by Gasteiger charge is -2.21. The van der Waals surface area contributed by atoms with Gasteiger partial charge in [-0.1, -0.05) is 35.9 Å². The average Bonchev–Trinajstić information content (AvgIpc) is 2.43. The zero-order chi connectivity index (χ0) is 15.6. The standard InChI is InChI=1S/C14H11ClF4N2/c15-11-7-8(5-6-12(11)16)13(21-20)9-3-1-2-4-10(9)14(17,18)19/h1-7,13,21H,20H2. The molecule has 0 aliphatic carbocycles. The molecule has 112 valence electrons. The van der Waals surface area contributed by atoms with Gasteiger partial charge in [0.05, 0.1) is 16.6 Å². The maximum Gasteiger partial charge on any atom is 0.416 e. The normalized spacial score (nSPS) is 13.2. The molecule has 0 spiro atoms. The van der Waals surface area contributed by atoms with Gasteiger partial charge in [-0.05, 0) is 29.3 Å². The van der Waals surface area contributed by atoms with Crippen LogP contribution in [0.15, 0.2) is 42.5 Å². The molecule has 2 nitrogen and oxygen atoms in total. The van der Waals surface area contributed by atoms with Crippen LogP contribution in [0.25, 0.3) is 0 Å². The summed E-state index contributed by atoms with van der Waals surface area (Å²) in [6.07, 6.45) is -4.52. The van der Waals surface area contributed by atoms with E-state index in [0.29, 0.717) is 5.56 Å². The molecule has 21 heavy (non-hydrogen) atoms. The van der Waals surface area contributed by atoms with Crippen LogP contribution >= 0.6 is 11.6 Å². The number of halogens is 5. The summed E-state index contributed by atoms with van der Waals surface area (Å²) in [5, 5.41) is -0.183. The fourth-order valence-electron chi connectivity index (χ4n) is 2.06. The lowest BCUT2D eigenvalue weighted by molar-refractivity contribution is -0.138. The highest BCUT2D eigenvalue weighted by molar-refractivity contribution is 6.30. The molecule has 2 rings (SSSR count). The van der Waals surface area contributed by atoms with Crippen LogP contribution in [0.1, 0.15) is 22.7 Å². The van der Waals surface area contributed by atoms with E-state index in [1.807, 2.05) is 0 Å². The Labute approximate surface area is 123 Å². The highest BCUT2D eigenvalue weighted by Gasteiger charge is 2.35. The second-order valence-electron chi connectivity index (χ2n) is 4.36. The third-order valence-corrected chi connectivity index (χ3v) is 3.31. The summed E-state index contributed by atoms with van der Waals surface area (Å²) in [5.74, 6) is 4.73. The highest BCUT2D eigenvalue weighted by atomic mass is 35.5. The van der Waals surface area contributed by atoms with Gasteiger partial charge in [-0.2, -0.15) is 13.2 Å². The van der Waals surface area contributed by atoms with E-state index < -0.39 is 23.6 Å². The minimum absolute atomic E-state index is 0.0600. The quantitative estimate of drug-likeness (QED) is 0.509. The molecule has 0 amide bonds. The van der Waals surface area contributed by atoms with E-state index in [0.717, 1.165) is 12.1 Å². The van der Waals surface area contributed by atoms with Gasteiger partial charge < -0.3 is 0 Å². The van der Waals surface area contributed by atoms with Gasteiger partial charge in [0.2, 0.25) is 0 Å². The second-order valence-corrected chi connectivity index (χ2v) is 4.77. The van der Waals surface area contributed by atoms with Crippen molar-refractivity contribution in [2.45, 2.75) is 12.2 Å². The molecule has 0 aliphatic rings. The summed E-state index contributed by atoms with van der Waals surface area (Å²) in [7, 11) is 0. The maximum atomic E-state index is 13.2. The Morgan fingerprint density at radius 1 is 1.10 bits per heavy atom. The number of hydrazine groups is 1. The van der Waals surface area contributed by atoms with E-state index in [4.69, 9.17) is 17.4 Å². The highest BCUT2D eigenvalue weighted by Crippen LogP contribution is 2.36. The monoisotopic (exact) mass is 318 g/mol. The van der Waals surface area contributed by atoms with Crippen molar-refractivity contribution < 1.29 is 17.6 Å². The molecule has 0 aromatic heterocycles. The number of rotatable bonds is 3. The van der Waals surface area contributed by atoms with Crippen LogP contribution in [0.5, 0.6) is 0 Å². The smallest absolute Gasteiger partial charge is 0.271 e. The van der Waals surface area contributed by atoms with Crippen LogP contribution in [-0.2, 0) is 6.18 Å². The summed E-state index contributed by atoms with van der Waals surface area (Å²) in [4.78, 5) is 0. The van der Waals surface area contributed by atoms with Gasteiger partial charge in [0.1, 0.15) is 5.82 Å². The number of nitrogens with two attached hydrogens (primary N) is 1. The number of nitrogens with one attached hydrogen (secondary N) is 1. The molecule has 3 N–H and O–H groups in total. The summed E-state index contributed by atoms with van der Waals surface area (Å²) >= 11 is 5.67. The van der Waals surface area contributed by atoms with E-state index in [2.05, 4.69) is 5.43 Å². The number of hydrogen-bond donors (Lipinski definition) is 2. The molecular formula is C14H11ClF4N2. The third-order valence-electron chi connectivity index (χ3n) is 3.02. The lowest BCUT2D eigenvalue weighted by Crippen LogP contribution is -2.30. The largest absolute Gasteiger partial charge is 0.416 e. The van der Waals surface area contributed by atoms with Crippen molar-refractivity contribution in [3.63, 3.8) is 0 Å². The van der Waals surface area contributed by atoms with Crippen molar-refractivity contribution in [2.24, 2.45) is 5.84 Å². The van der Waals surface area contributed by atoms with Crippen LogP contribution in [0, 0.1) is 5.82 Å². The van der Waals surface area contributed by atoms with Gasteiger partial charge >= 0.3 is 6.18 Å². The van der Waals surface area contributed by atoms with Crippen molar-refractivity contribution in [1.82, 2.24) is 5.43 Å². The van der Waals surface area contributed by atoms with Gasteiger partial charge in [0.25, 0.3) is 0 Å². The molecule has 0 heterocycles. The first-order valence-corrected chi connectivity index (χ1v) is 6.29. The second kappa shape index (κ2) is 6.01. The lowest BCUT2D eigenvalue weighted by atomic mass is 9.94. The molecule has 2 aromatic rings. The molecule has 0 saturated heterocycles.